The lowest BCUT2D eigenvalue weighted by Gasteiger charge is -2.30. The second-order valence-electron chi connectivity index (χ2n) is 15.2. The molecular formula is C54H37N3. The van der Waals surface area contributed by atoms with E-state index in [0.717, 1.165) is 34.0 Å². The molecule has 0 fully saturated rings. The van der Waals surface area contributed by atoms with Crippen molar-refractivity contribution < 1.29 is 0 Å². The van der Waals surface area contributed by atoms with E-state index in [9.17, 15) is 0 Å². The number of aryl methyl sites for hydroxylation is 2. The number of hydrogen-bond donors (Lipinski definition) is 0. The summed E-state index contributed by atoms with van der Waals surface area (Å²) in [4.78, 5) is 14.7. The molecule has 11 rings (SSSR count). The molecule has 7 aromatic carbocycles. The van der Waals surface area contributed by atoms with Crippen LogP contribution in [0.5, 0.6) is 0 Å². The third-order valence-corrected chi connectivity index (χ3v) is 12.0. The first-order chi connectivity index (χ1) is 28.1. The minimum absolute atomic E-state index is 0.496. The monoisotopic (exact) mass is 727 g/mol. The molecule has 57 heavy (non-hydrogen) atoms. The van der Waals surface area contributed by atoms with Crippen LogP contribution < -0.4 is 0 Å². The highest BCUT2D eigenvalue weighted by Gasteiger charge is 2.52. The van der Waals surface area contributed by atoms with Crippen LogP contribution in [-0.2, 0) is 5.41 Å². The van der Waals surface area contributed by atoms with E-state index < -0.39 is 5.41 Å². The molecule has 0 N–H and O–H groups in total. The van der Waals surface area contributed by atoms with E-state index in [0.29, 0.717) is 0 Å². The van der Waals surface area contributed by atoms with Gasteiger partial charge in [-0.3, -0.25) is 4.98 Å². The van der Waals surface area contributed by atoms with Crippen LogP contribution in [0.3, 0.4) is 0 Å². The number of aromatic nitrogens is 3. The molecule has 2 heterocycles. The van der Waals surface area contributed by atoms with Crippen LogP contribution in [0.15, 0.2) is 188 Å². The lowest BCUT2D eigenvalue weighted by Crippen LogP contribution is -2.26. The first-order valence-corrected chi connectivity index (χ1v) is 19.6. The Balaban J connectivity index is 1.08. The van der Waals surface area contributed by atoms with Crippen LogP contribution in [0.25, 0.3) is 78.3 Å². The lowest BCUT2D eigenvalue weighted by atomic mass is 9.70. The van der Waals surface area contributed by atoms with E-state index >= 15 is 0 Å². The molecule has 268 valence electrons. The number of fused-ring (bicyclic) bond motifs is 10. The van der Waals surface area contributed by atoms with E-state index in [4.69, 9.17) is 9.97 Å². The van der Waals surface area contributed by atoms with Crippen molar-refractivity contribution in [1.82, 2.24) is 15.0 Å². The van der Waals surface area contributed by atoms with Crippen molar-refractivity contribution in [3.8, 4) is 78.3 Å². The van der Waals surface area contributed by atoms with E-state index in [1.54, 1.807) is 0 Å². The first-order valence-electron chi connectivity index (χ1n) is 19.6. The molecule has 2 aliphatic rings. The van der Waals surface area contributed by atoms with Gasteiger partial charge < -0.3 is 0 Å². The predicted molar refractivity (Wildman–Crippen MR) is 233 cm³/mol. The van der Waals surface area contributed by atoms with E-state index in [-0.39, 0.29) is 0 Å². The maximum atomic E-state index is 5.16. The summed E-state index contributed by atoms with van der Waals surface area (Å²) in [6.45, 7) is 4.12. The van der Waals surface area contributed by atoms with Gasteiger partial charge in [-0.1, -0.05) is 164 Å². The molecule has 0 unspecified atom stereocenters. The third kappa shape index (κ3) is 5.09. The largest absolute Gasteiger partial charge is 0.261 e. The summed E-state index contributed by atoms with van der Waals surface area (Å²) >= 11 is 0. The fraction of sp³-hybridized carbons (Fsp3) is 0.0556. The molecule has 2 aliphatic carbocycles. The second-order valence-corrected chi connectivity index (χ2v) is 15.2. The third-order valence-electron chi connectivity index (χ3n) is 12.0. The molecule has 0 amide bonds. The van der Waals surface area contributed by atoms with Crippen LogP contribution in [0.4, 0.5) is 0 Å². The van der Waals surface area contributed by atoms with Gasteiger partial charge >= 0.3 is 0 Å². The molecule has 3 nitrogen and oxygen atoms in total. The Bertz CT molecular complexity index is 2970. The van der Waals surface area contributed by atoms with Gasteiger partial charge in [-0.25, -0.2) is 9.97 Å². The van der Waals surface area contributed by atoms with Gasteiger partial charge in [0.25, 0.3) is 0 Å². The van der Waals surface area contributed by atoms with Gasteiger partial charge in [0.05, 0.1) is 11.1 Å². The Hall–Kier alpha value is -7.23. The Morgan fingerprint density at radius 3 is 1.61 bits per heavy atom. The number of nitrogens with zero attached hydrogens (tertiary/aromatic N) is 3. The zero-order chi connectivity index (χ0) is 38.1. The Kier molecular flexibility index (Phi) is 7.52. The van der Waals surface area contributed by atoms with Crippen LogP contribution in [0.2, 0.25) is 0 Å². The number of benzene rings is 7. The van der Waals surface area contributed by atoms with Gasteiger partial charge in [0.1, 0.15) is 0 Å². The summed E-state index contributed by atoms with van der Waals surface area (Å²) in [5.74, 6) is 0.738. The van der Waals surface area contributed by atoms with Gasteiger partial charge in [0, 0.05) is 34.3 Å². The zero-order valence-corrected chi connectivity index (χ0v) is 31.7. The molecule has 0 saturated carbocycles. The number of pyridine rings is 1. The minimum atomic E-state index is -0.496. The standard InChI is InChI=1S/C54H37N3/c1-34-32-51(40-12-4-3-5-13-40)57-53(56-34)41-29-30-46-50(33-41)54(47-18-8-6-14-44(47)45-15-7-9-19-48(45)54)49-20-10-16-43(52(46)49)39-27-23-37(24-28-39)36-21-25-38(26-22-36)42-17-11-31-55-35(42)2/h3-33H,1-2H3. The predicted octanol–water partition coefficient (Wildman–Crippen LogP) is 13.2. The molecule has 9 aromatic rings. The summed E-state index contributed by atoms with van der Waals surface area (Å²) in [7, 11) is 0. The highest BCUT2D eigenvalue weighted by atomic mass is 14.9. The van der Waals surface area contributed by atoms with Crippen molar-refractivity contribution in [2.75, 3.05) is 0 Å². The van der Waals surface area contributed by atoms with Crippen LogP contribution in [0.1, 0.15) is 33.6 Å². The summed E-state index contributed by atoms with van der Waals surface area (Å²) in [5, 5.41) is 0. The summed E-state index contributed by atoms with van der Waals surface area (Å²) in [6, 6.07) is 66.2. The van der Waals surface area contributed by atoms with Crippen molar-refractivity contribution in [3.05, 3.63) is 222 Å². The summed E-state index contributed by atoms with van der Waals surface area (Å²) in [6.07, 6.45) is 1.85. The van der Waals surface area contributed by atoms with E-state index in [2.05, 4.69) is 189 Å². The summed E-state index contributed by atoms with van der Waals surface area (Å²) in [5.41, 5.74) is 22.0. The fourth-order valence-electron chi connectivity index (χ4n) is 9.50. The van der Waals surface area contributed by atoms with Crippen molar-refractivity contribution in [2.45, 2.75) is 19.3 Å². The highest BCUT2D eigenvalue weighted by Crippen LogP contribution is 2.64. The lowest BCUT2D eigenvalue weighted by molar-refractivity contribution is 0.794. The molecule has 3 heteroatoms. The van der Waals surface area contributed by atoms with Gasteiger partial charge in [-0.2, -0.15) is 0 Å². The van der Waals surface area contributed by atoms with Crippen molar-refractivity contribution in [2.24, 2.45) is 0 Å². The Morgan fingerprint density at radius 2 is 0.930 bits per heavy atom. The van der Waals surface area contributed by atoms with Crippen LogP contribution in [-0.4, -0.2) is 15.0 Å². The zero-order valence-electron chi connectivity index (χ0n) is 31.7. The maximum Gasteiger partial charge on any atom is 0.160 e. The minimum Gasteiger partial charge on any atom is -0.261 e. The number of hydrogen-bond acceptors (Lipinski definition) is 3. The molecule has 0 bridgehead atoms. The molecule has 0 aliphatic heterocycles. The van der Waals surface area contributed by atoms with Gasteiger partial charge in [0.15, 0.2) is 5.82 Å². The Morgan fingerprint density at radius 1 is 0.368 bits per heavy atom. The van der Waals surface area contributed by atoms with Gasteiger partial charge in [-0.05, 0) is 104 Å². The SMILES string of the molecule is Cc1cc(-c2ccccc2)nc(-c2ccc3c(c2)C2(c4ccccc4-c4ccccc42)c2cccc(-c4ccc(-c5ccc(-c6cccnc6C)cc5)cc4)c2-3)n1. The van der Waals surface area contributed by atoms with Crippen LogP contribution in [0, 0.1) is 13.8 Å². The van der Waals surface area contributed by atoms with Crippen molar-refractivity contribution in [1.29, 1.82) is 0 Å². The molecule has 0 atom stereocenters. The van der Waals surface area contributed by atoms with E-state index in [1.807, 2.05) is 18.3 Å². The van der Waals surface area contributed by atoms with Crippen molar-refractivity contribution >= 4 is 0 Å². The smallest absolute Gasteiger partial charge is 0.160 e. The molecule has 0 radical (unpaired) electrons. The molecule has 1 spiro atoms. The molecule has 2 aromatic heterocycles. The Labute approximate surface area is 333 Å². The molecular weight excluding hydrogens is 691 g/mol. The normalized spacial score (nSPS) is 12.9. The summed E-state index contributed by atoms with van der Waals surface area (Å²) < 4.78 is 0. The average Bonchev–Trinajstić information content (AvgIpc) is 3.74. The topological polar surface area (TPSA) is 38.7 Å². The quantitative estimate of drug-likeness (QED) is 0.177. The van der Waals surface area contributed by atoms with Crippen LogP contribution >= 0.6 is 0 Å². The number of rotatable bonds is 5. The molecule has 0 saturated heterocycles. The maximum absolute atomic E-state index is 5.16. The first kappa shape index (κ1) is 33.1. The highest BCUT2D eigenvalue weighted by molar-refractivity contribution is 6.00. The van der Waals surface area contributed by atoms with Gasteiger partial charge in [0.2, 0.25) is 0 Å². The fourth-order valence-corrected chi connectivity index (χ4v) is 9.50. The van der Waals surface area contributed by atoms with Gasteiger partial charge in [-0.15, -0.1) is 0 Å². The second kappa shape index (κ2) is 12.9. The van der Waals surface area contributed by atoms with Crippen molar-refractivity contribution in [3.63, 3.8) is 0 Å². The average molecular weight is 728 g/mol. The van der Waals surface area contributed by atoms with E-state index in [1.165, 1.54) is 77.9 Å².